The minimum Gasteiger partial charge on any atom is -0.308 e. The molecule has 6 heteroatoms. The van der Waals surface area contributed by atoms with Gasteiger partial charge in [0.05, 0.1) is 16.2 Å². The van der Waals surface area contributed by atoms with Crippen molar-refractivity contribution in [1.29, 1.82) is 0 Å². The van der Waals surface area contributed by atoms with Crippen molar-refractivity contribution in [3.8, 4) is 0 Å². The molecule has 2 aliphatic heterocycles. The number of hydrogen-bond acceptors (Lipinski definition) is 4. The molecule has 2 aromatic rings. The number of unbranched alkanes of at least 4 members (excludes halogenated alkanes) is 1. The van der Waals surface area contributed by atoms with Gasteiger partial charge in [-0.15, -0.1) is 0 Å². The molecule has 1 fully saturated rings. The molecule has 4 nitrogen and oxygen atoms in total. The van der Waals surface area contributed by atoms with E-state index in [0.29, 0.717) is 27.9 Å². The number of thioether (sulfide) groups is 1. The average molecular weight is 423 g/mol. The molecule has 0 N–H and O–H groups in total. The number of rotatable bonds is 6. The van der Waals surface area contributed by atoms with Crippen LogP contribution in [0.4, 0.5) is 5.69 Å². The Kier molecular flexibility index (Phi) is 5.83. The molecule has 0 aliphatic carbocycles. The lowest BCUT2D eigenvalue weighted by Gasteiger charge is -2.16. The minimum absolute atomic E-state index is 0.0943. The lowest BCUT2D eigenvalue weighted by Crippen LogP contribution is -2.31. The number of hydrogen-bond donors (Lipinski definition) is 0. The van der Waals surface area contributed by atoms with E-state index in [9.17, 15) is 9.59 Å². The Balaban J connectivity index is 1.64. The van der Waals surface area contributed by atoms with Crippen LogP contribution in [-0.2, 0) is 16.0 Å². The van der Waals surface area contributed by atoms with E-state index in [4.69, 9.17) is 12.2 Å². The predicted molar refractivity (Wildman–Crippen MR) is 123 cm³/mol. The Morgan fingerprint density at radius 1 is 0.897 bits per heavy atom. The van der Waals surface area contributed by atoms with Crippen LogP contribution in [0.3, 0.4) is 0 Å². The normalized spacial score (nSPS) is 18.7. The van der Waals surface area contributed by atoms with E-state index in [2.05, 4.69) is 6.92 Å². The second kappa shape index (κ2) is 8.51. The number of fused-ring (bicyclic) bond motifs is 1. The van der Waals surface area contributed by atoms with Crippen LogP contribution in [-0.4, -0.2) is 34.1 Å². The van der Waals surface area contributed by atoms with Crippen molar-refractivity contribution in [3.63, 3.8) is 0 Å². The molecule has 0 spiro atoms. The van der Waals surface area contributed by atoms with Gasteiger partial charge in [0.2, 0.25) is 0 Å². The van der Waals surface area contributed by atoms with E-state index < -0.39 is 0 Å². The Hall–Kier alpha value is -2.44. The van der Waals surface area contributed by atoms with Gasteiger partial charge in [-0.05, 0) is 24.5 Å². The maximum absolute atomic E-state index is 13.2. The molecule has 0 bridgehead atoms. The van der Waals surface area contributed by atoms with Crippen LogP contribution in [0.1, 0.15) is 30.9 Å². The van der Waals surface area contributed by atoms with Crippen LogP contribution >= 0.6 is 24.0 Å². The SMILES string of the molecule is CCCCN1C(=O)C(=C2SC(=S)N(CCc3ccccc3)C2=O)c2ccccc21. The number of benzene rings is 2. The van der Waals surface area contributed by atoms with Gasteiger partial charge in [-0.25, -0.2) is 0 Å². The summed E-state index contributed by atoms with van der Waals surface area (Å²) in [7, 11) is 0. The standard InChI is InChI=1S/C23H22N2O2S2/c1-2-3-14-24-18-12-8-7-11-17(18)19(21(24)26)20-22(27)25(23(28)29-20)15-13-16-9-5-4-6-10-16/h4-12H,2-3,13-15H2,1H3. The van der Waals surface area contributed by atoms with Gasteiger partial charge in [0.15, 0.2) is 0 Å². The molecule has 2 aliphatic rings. The zero-order valence-electron chi connectivity index (χ0n) is 16.3. The average Bonchev–Trinajstić information content (AvgIpc) is 3.17. The van der Waals surface area contributed by atoms with Crippen LogP contribution in [0.2, 0.25) is 0 Å². The number of amides is 2. The Morgan fingerprint density at radius 3 is 2.38 bits per heavy atom. The summed E-state index contributed by atoms with van der Waals surface area (Å²) >= 11 is 6.74. The molecule has 148 valence electrons. The first kappa shape index (κ1) is 19.9. The summed E-state index contributed by atoms with van der Waals surface area (Å²) in [5, 5.41) is 0. The minimum atomic E-state index is -0.161. The zero-order chi connectivity index (χ0) is 20.4. The van der Waals surface area contributed by atoms with Crippen molar-refractivity contribution >= 4 is 51.4 Å². The number of para-hydroxylation sites is 1. The number of nitrogens with zero attached hydrogens (tertiary/aromatic N) is 2. The van der Waals surface area contributed by atoms with Gasteiger partial charge in [0.1, 0.15) is 4.32 Å². The van der Waals surface area contributed by atoms with E-state index in [0.717, 1.165) is 36.1 Å². The molecule has 2 heterocycles. The van der Waals surface area contributed by atoms with Gasteiger partial charge in [-0.1, -0.05) is 85.9 Å². The highest BCUT2D eigenvalue weighted by atomic mass is 32.2. The van der Waals surface area contributed by atoms with Crippen molar-refractivity contribution in [2.24, 2.45) is 0 Å². The molecule has 0 atom stereocenters. The summed E-state index contributed by atoms with van der Waals surface area (Å²) in [5.74, 6) is -0.255. The molecule has 0 saturated carbocycles. The lowest BCUT2D eigenvalue weighted by molar-refractivity contribution is -0.122. The van der Waals surface area contributed by atoms with Gasteiger partial charge in [0, 0.05) is 18.7 Å². The molecule has 0 radical (unpaired) electrons. The van der Waals surface area contributed by atoms with Crippen LogP contribution in [0.25, 0.3) is 5.57 Å². The summed E-state index contributed by atoms with van der Waals surface area (Å²) in [5.41, 5.74) is 3.37. The third-order valence-electron chi connectivity index (χ3n) is 5.20. The Bertz CT molecular complexity index is 1000. The van der Waals surface area contributed by atoms with Crippen molar-refractivity contribution in [3.05, 3.63) is 70.6 Å². The van der Waals surface area contributed by atoms with E-state index in [1.54, 1.807) is 9.80 Å². The topological polar surface area (TPSA) is 40.6 Å². The maximum atomic E-state index is 13.2. The molecule has 2 aromatic carbocycles. The first-order valence-electron chi connectivity index (χ1n) is 9.85. The first-order valence-corrected chi connectivity index (χ1v) is 11.1. The maximum Gasteiger partial charge on any atom is 0.267 e. The van der Waals surface area contributed by atoms with Crippen LogP contribution in [0.15, 0.2) is 59.5 Å². The van der Waals surface area contributed by atoms with Crippen LogP contribution < -0.4 is 4.90 Å². The fraction of sp³-hybridized carbons (Fsp3) is 0.261. The summed E-state index contributed by atoms with van der Waals surface area (Å²) in [6, 6.07) is 17.7. The summed E-state index contributed by atoms with van der Waals surface area (Å²) in [4.78, 5) is 30.3. The van der Waals surface area contributed by atoms with Crippen LogP contribution in [0, 0.1) is 0 Å². The highest BCUT2D eigenvalue weighted by molar-refractivity contribution is 8.26. The molecular weight excluding hydrogens is 400 g/mol. The number of thiocarbonyl (C=S) groups is 1. The van der Waals surface area contributed by atoms with E-state index in [-0.39, 0.29) is 11.8 Å². The van der Waals surface area contributed by atoms with Crippen molar-refractivity contribution in [2.45, 2.75) is 26.2 Å². The van der Waals surface area contributed by atoms with E-state index in [1.807, 2.05) is 54.6 Å². The number of carbonyl (C=O) groups excluding carboxylic acids is 2. The fourth-order valence-corrected chi connectivity index (χ4v) is 5.05. The van der Waals surface area contributed by atoms with Gasteiger partial charge in [-0.3, -0.25) is 14.5 Å². The van der Waals surface area contributed by atoms with Crippen molar-refractivity contribution in [1.82, 2.24) is 4.90 Å². The molecule has 1 saturated heterocycles. The fourth-order valence-electron chi connectivity index (χ4n) is 3.67. The molecule has 2 amide bonds. The quantitative estimate of drug-likeness (QED) is 0.502. The van der Waals surface area contributed by atoms with Gasteiger partial charge in [0.25, 0.3) is 11.8 Å². The molecular formula is C23H22N2O2S2. The Labute approximate surface area is 180 Å². The number of carbonyl (C=O) groups is 2. The smallest absolute Gasteiger partial charge is 0.267 e. The number of anilines is 1. The second-order valence-corrected chi connectivity index (χ2v) is 8.74. The Morgan fingerprint density at radius 2 is 1.62 bits per heavy atom. The van der Waals surface area contributed by atoms with Crippen molar-refractivity contribution in [2.75, 3.05) is 18.0 Å². The van der Waals surface area contributed by atoms with Gasteiger partial charge in [-0.2, -0.15) is 0 Å². The zero-order valence-corrected chi connectivity index (χ0v) is 17.9. The van der Waals surface area contributed by atoms with Crippen LogP contribution in [0.5, 0.6) is 0 Å². The largest absolute Gasteiger partial charge is 0.308 e. The summed E-state index contributed by atoms with van der Waals surface area (Å²) in [6.45, 7) is 3.27. The van der Waals surface area contributed by atoms with E-state index in [1.165, 1.54) is 11.8 Å². The third-order valence-corrected chi connectivity index (χ3v) is 6.65. The summed E-state index contributed by atoms with van der Waals surface area (Å²) in [6.07, 6.45) is 2.65. The van der Waals surface area contributed by atoms with E-state index >= 15 is 0 Å². The third kappa shape index (κ3) is 3.74. The van der Waals surface area contributed by atoms with Gasteiger partial charge < -0.3 is 4.90 Å². The monoisotopic (exact) mass is 422 g/mol. The summed E-state index contributed by atoms with van der Waals surface area (Å²) < 4.78 is 0.519. The highest BCUT2D eigenvalue weighted by Crippen LogP contribution is 2.44. The molecule has 4 rings (SSSR count). The van der Waals surface area contributed by atoms with Crippen molar-refractivity contribution < 1.29 is 9.59 Å². The first-order chi connectivity index (χ1) is 14.1. The van der Waals surface area contributed by atoms with Gasteiger partial charge >= 0.3 is 0 Å². The lowest BCUT2D eigenvalue weighted by atomic mass is 10.1. The predicted octanol–water partition coefficient (Wildman–Crippen LogP) is 4.65. The molecule has 29 heavy (non-hydrogen) atoms. The molecule has 0 unspecified atom stereocenters. The highest BCUT2D eigenvalue weighted by Gasteiger charge is 2.41. The molecule has 0 aromatic heterocycles. The second-order valence-electron chi connectivity index (χ2n) is 7.09.